The number of ether oxygens (including phenoxy) is 1. The number of aryl methyl sites for hydroxylation is 1. The topological polar surface area (TPSA) is 105 Å². The Kier molecular flexibility index (Phi) is 7.92. The summed E-state index contributed by atoms with van der Waals surface area (Å²) < 4.78 is 9.63. The molecule has 1 aliphatic carbocycles. The summed E-state index contributed by atoms with van der Waals surface area (Å²) in [6.45, 7) is 4.52. The van der Waals surface area contributed by atoms with E-state index in [0.29, 0.717) is 24.4 Å². The minimum absolute atomic E-state index is 0.00253. The van der Waals surface area contributed by atoms with Gasteiger partial charge in [0.2, 0.25) is 5.78 Å². The molecule has 2 heterocycles. The summed E-state index contributed by atoms with van der Waals surface area (Å²) in [5.74, 6) is 0.598. The summed E-state index contributed by atoms with van der Waals surface area (Å²) in [6.07, 6.45) is 6.86. The van der Waals surface area contributed by atoms with Crippen molar-refractivity contribution in [1.82, 2.24) is 19.2 Å². The molecule has 0 aliphatic heterocycles. The Labute approximate surface area is 228 Å². The van der Waals surface area contributed by atoms with Gasteiger partial charge in [-0.15, -0.1) is 0 Å². The number of aromatic nitrogens is 4. The Balaban J connectivity index is 1.50. The van der Waals surface area contributed by atoms with Crippen LogP contribution in [0.5, 0.6) is 0 Å². The summed E-state index contributed by atoms with van der Waals surface area (Å²) in [4.78, 5) is 18.7. The highest BCUT2D eigenvalue weighted by molar-refractivity contribution is 5.70. The molecular weight excluding hydrogens is 490 g/mol. The lowest BCUT2D eigenvalue weighted by molar-refractivity contribution is -0.0736. The lowest BCUT2D eigenvalue weighted by atomic mass is 9.83. The molecule has 39 heavy (non-hydrogen) atoms. The standard InChI is InChI=1S/C31H35N5O3/c1-3-6-28-27(19-22-9-11-23(12-10-22)26-8-5-4-7-24(26)20-32)29(38)35(30-33-21-34-36(28)30)25-13-15-31(2,16-14-25)39-18-17-37/h4-5,7-12,21,25,37H,3,6,13-19H2,1-2H3. The van der Waals surface area contributed by atoms with Crippen LogP contribution in [0.3, 0.4) is 0 Å². The highest BCUT2D eigenvalue weighted by Crippen LogP contribution is 2.37. The molecule has 0 spiro atoms. The first-order valence-electron chi connectivity index (χ1n) is 13.8. The fourth-order valence-electron chi connectivity index (χ4n) is 5.82. The first-order chi connectivity index (χ1) is 19.0. The molecule has 0 atom stereocenters. The first-order valence-corrected chi connectivity index (χ1v) is 13.8. The summed E-state index contributed by atoms with van der Waals surface area (Å²) in [7, 11) is 0. The van der Waals surface area contributed by atoms with Crippen LogP contribution in [-0.4, -0.2) is 43.1 Å². The zero-order chi connectivity index (χ0) is 27.4. The Hall–Kier alpha value is -3.80. The van der Waals surface area contributed by atoms with Crippen molar-refractivity contribution in [2.75, 3.05) is 13.2 Å². The second kappa shape index (κ2) is 11.5. The van der Waals surface area contributed by atoms with E-state index in [9.17, 15) is 15.2 Å². The lowest BCUT2D eigenvalue weighted by Gasteiger charge is -2.38. The molecule has 2 aromatic heterocycles. The van der Waals surface area contributed by atoms with E-state index in [1.165, 1.54) is 6.33 Å². The quantitative estimate of drug-likeness (QED) is 0.335. The van der Waals surface area contributed by atoms with Crippen molar-refractivity contribution >= 4 is 5.78 Å². The fraction of sp³-hybridized carbons (Fsp3) is 0.419. The number of nitrogens with zero attached hydrogens (tertiary/aromatic N) is 5. The zero-order valence-electron chi connectivity index (χ0n) is 22.6. The van der Waals surface area contributed by atoms with Gasteiger partial charge in [0.25, 0.3) is 5.56 Å². The van der Waals surface area contributed by atoms with Crippen molar-refractivity contribution < 1.29 is 9.84 Å². The van der Waals surface area contributed by atoms with Gasteiger partial charge in [-0.2, -0.15) is 15.3 Å². The molecule has 202 valence electrons. The highest BCUT2D eigenvalue weighted by Gasteiger charge is 2.34. The number of rotatable bonds is 9. The molecule has 0 saturated heterocycles. The monoisotopic (exact) mass is 525 g/mol. The molecule has 5 rings (SSSR count). The number of hydrogen-bond donors (Lipinski definition) is 1. The number of hydrogen-bond acceptors (Lipinski definition) is 6. The molecule has 0 amide bonds. The normalized spacial score (nSPS) is 19.3. The number of aliphatic hydroxyl groups excluding tert-OH is 1. The van der Waals surface area contributed by atoms with Crippen molar-refractivity contribution in [3.63, 3.8) is 0 Å². The number of aliphatic hydroxyl groups is 1. The predicted molar refractivity (Wildman–Crippen MR) is 150 cm³/mol. The van der Waals surface area contributed by atoms with Crippen LogP contribution in [0.4, 0.5) is 0 Å². The Morgan fingerprint density at radius 2 is 1.90 bits per heavy atom. The summed E-state index contributed by atoms with van der Waals surface area (Å²) in [5, 5.41) is 23.2. The van der Waals surface area contributed by atoms with Crippen molar-refractivity contribution in [1.29, 1.82) is 5.26 Å². The van der Waals surface area contributed by atoms with E-state index < -0.39 is 0 Å². The van der Waals surface area contributed by atoms with Crippen LogP contribution in [0.15, 0.2) is 59.7 Å². The van der Waals surface area contributed by atoms with Crippen LogP contribution in [-0.2, 0) is 17.6 Å². The van der Waals surface area contributed by atoms with Gasteiger partial charge in [0, 0.05) is 18.0 Å². The molecule has 8 heteroatoms. The average Bonchev–Trinajstić information content (AvgIpc) is 3.45. The van der Waals surface area contributed by atoms with Gasteiger partial charge in [-0.25, -0.2) is 4.52 Å². The molecule has 4 aromatic rings. The fourth-order valence-corrected chi connectivity index (χ4v) is 5.82. The maximum Gasteiger partial charge on any atom is 0.259 e. The SMILES string of the molecule is CCCc1c(Cc2ccc(-c3ccccc3C#N)cc2)c(=O)n(C2CCC(C)(OCCO)CC2)c2ncnn12. The largest absolute Gasteiger partial charge is 0.394 e. The van der Waals surface area contributed by atoms with Crippen LogP contribution < -0.4 is 5.56 Å². The third kappa shape index (κ3) is 5.38. The molecule has 8 nitrogen and oxygen atoms in total. The van der Waals surface area contributed by atoms with Crippen LogP contribution in [0.1, 0.15) is 74.4 Å². The molecule has 0 radical (unpaired) electrons. The van der Waals surface area contributed by atoms with Crippen molar-refractivity contribution in [2.24, 2.45) is 0 Å². The smallest absolute Gasteiger partial charge is 0.259 e. The predicted octanol–water partition coefficient (Wildman–Crippen LogP) is 4.86. The second-order valence-electron chi connectivity index (χ2n) is 10.6. The molecule has 1 saturated carbocycles. The van der Waals surface area contributed by atoms with Crippen LogP contribution >= 0.6 is 0 Å². The van der Waals surface area contributed by atoms with Crippen molar-refractivity contribution in [3.05, 3.63) is 87.6 Å². The van der Waals surface area contributed by atoms with Crippen LogP contribution in [0, 0.1) is 11.3 Å². The van der Waals surface area contributed by atoms with Gasteiger partial charge < -0.3 is 9.84 Å². The minimum Gasteiger partial charge on any atom is -0.394 e. The summed E-state index contributed by atoms with van der Waals surface area (Å²) in [5.41, 5.74) is 4.93. The molecule has 2 aromatic carbocycles. The summed E-state index contributed by atoms with van der Waals surface area (Å²) in [6, 6.07) is 18.0. The van der Waals surface area contributed by atoms with E-state index in [1.54, 1.807) is 0 Å². The van der Waals surface area contributed by atoms with Crippen LogP contribution in [0.2, 0.25) is 0 Å². The maximum absolute atomic E-state index is 14.2. The highest BCUT2D eigenvalue weighted by atomic mass is 16.5. The van der Waals surface area contributed by atoms with E-state index in [-0.39, 0.29) is 23.8 Å². The van der Waals surface area contributed by atoms with E-state index in [0.717, 1.165) is 66.5 Å². The second-order valence-corrected chi connectivity index (χ2v) is 10.6. The van der Waals surface area contributed by atoms with E-state index >= 15 is 0 Å². The molecule has 1 aliphatic rings. The van der Waals surface area contributed by atoms with Crippen molar-refractivity contribution in [3.8, 4) is 17.2 Å². The molecule has 1 fully saturated rings. The third-order valence-electron chi connectivity index (χ3n) is 7.93. The lowest BCUT2D eigenvalue weighted by Crippen LogP contribution is -2.39. The van der Waals surface area contributed by atoms with E-state index in [2.05, 4.69) is 30.0 Å². The molecular formula is C31H35N5O3. The van der Waals surface area contributed by atoms with E-state index in [1.807, 2.05) is 57.6 Å². The Bertz CT molecular complexity index is 1540. The molecule has 0 unspecified atom stereocenters. The maximum atomic E-state index is 14.2. The first kappa shape index (κ1) is 26.8. The van der Waals surface area contributed by atoms with Gasteiger partial charge in [-0.05, 0) is 61.8 Å². The molecule has 1 N–H and O–H groups in total. The van der Waals surface area contributed by atoms with Crippen molar-refractivity contribution in [2.45, 2.75) is 70.4 Å². The number of benzene rings is 2. The van der Waals surface area contributed by atoms with Gasteiger partial charge in [-0.3, -0.25) is 9.36 Å². The van der Waals surface area contributed by atoms with Gasteiger partial charge in [0.1, 0.15) is 6.33 Å². The Morgan fingerprint density at radius 3 is 2.59 bits per heavy atom. The van der Waals surface area contributed by atoms with Gasteiger partial charge in [-0.1, -0.05) is 55.8 Å². The van der Waals surface area contributed by atoms with Gasteiger partial charge >= 0.3 is 0 Å². The number of nitriles is 1. The third-order valence-corrected chi connectivity index (χ3v) is 7.93. The van der Waals surface area contributed by atoms with Gasteiger partial charge in [0.05, 0.1) is 36.1 Å². The van der Waals surface area contributed by atoms with E-state index in [4.69, 9.17) is 4.74 Å². The summed E-state index contributed by atoms with van der Waals surface area (Å²) >= 11 is 0. The van der Waals surface area contributed by atoms with Crippen LogP contribution in [0.25, 0.3) is 16.9 Å². The number of fused-ring (bicyclic) bond motifs is 1. The minimum atomic E-state index is -0.288. The average molecular weight is 526 g/mol. The Morgan fingerprint density at radius 1 is 1.15 bits per heavy atom. The zero-order valence-corrected chi connectivity index (χ0v) is 22.6. The molecule has 0 bridgehead atoms. The van der Waals surface area contributed by atoms with Gasteiger partial charge in [0.15, 0.2) is 0 Å².